The largest absolute Gasteiger partial charge is 0.318 e. The first-order chi connectivity index (χ1) is 15.5. The Bertz CT molecular complexity index is 1300. The van der Waals surface area contributed by atoms with Gasteiger partial charge in [-0.05, 0) is 57.2 Å². The van der Waals surface area contributed by atoms with Crippen LogP contribution in [0.25, 0.3) is 5.69 Å². The topological polar surface area (TPSA) is 83.8 Å². The van der Waals surface area contributed by atoms with Crippen LogP contribution in [0.5, 0.6) is 0 Å². The lowest BCUT2D eigenvalue weighted by Gasteiger charge is -2.21. The van der Waals surface area contributed by atoms with E-state index in [1.54, 1.807) is 42.5 Å². The number of carbonyl (C=O) groups is 1. The zero-order chi connectivity index (χ0) is 24.3. The number of amides is 1. The van der Waals surface area contributed by atoms with Crippen LogP contribution in [0.4, 0.5) is 5.69 Å². The Morgan fingerprint density at radius 2 is 1.67 bits per heavy atom. The van der Waals surface area contributed by atoms with Gasteiger partial charge in [0.15, 0.2) is 0 Å². The molecule has 0 radical (unpaired) electrons. The third-order valence-electron chi connectivity index (χ3n) is 4.98. The lowest BCUT2D eigenvalue weighted by Crippen LogP contribution is -2.39. The Kier molecular flexibility index (Phi) is 7.51. The molecule has 174 valence electrons. The summed E-state index contributed by atoms with van der Waals surface area (Å²) in [4.78, 5) is 12.4. The van der Waals surface area contributed by atoms with E-state index in [0.717, 1.165) is 38.8 Å². The molecule has 0 bridgehead atoms. The fourth-order valence-electron chi connectivity index (χ4n) is 3.43. The van der Waals surface area contributed by atoms with Crippen LogP contribution >= 0.6 is 23.2 Å². The summed E-state index contributed by atoms with van der Waals surface area (Å²) >= 11 is 12.3. The van der Waals surface area contributed by atoms with E-state index >= 15 is 0 Å². The fourth-order valence-corrected chi connectivity index (χ4v) is 4.81. The maximum atomic E-state index is 12.4. The maximum Gasteiger partial charge on any atom is 0.260 e. The van der Waals surface area contributed by atoms with Crippen LogP contribution in [-0.2, 0) is 14.8 Å². The number of nitrogens with zero attached hydrogens (tertiary/aromatic N) is 3. The molecule has 33 heavy (non-hydrogen) atoms. The van der Waals surface area contributed by atoms with Gasteiger partial charge in [-0.1, -0.05) is 40.9 Å². The minimum Gasteiger partial charge on any atom is -0.318 e. The highest BCUT2D eigenvalue weighted by Gasteiger charge is 2.20. The van der Waals surface area contributed by atoms with E-state index in [2.05, 4.69) is 10.5 Å². The summed E-state index contributed by atoms with van der Waals surface area (Å²) in [6.45, 7) is 5.35. The molecule has 1 N–H and O–H groups in total. The summed E-state index contributed by atoms with van der Waals surface area (Å²) in [6.07, 6.45) is 2.57. The van der Waals surface area contributed by atoms with Crippen molar-refractivity contribution in [2.24, 2.45) is 5.10 Å². The fraction of sp³-hybridized carbons (Fsp3) is 0.217. The molecule has 2 aromatic carbocycles. The molecule has 0 aliphatic carbocycles. The molecule has 0 saturated carbocycles. The molecule has 1 amide bonds. The number of aryl methyl sites for hydroxylation is 2. The van der Waals surface area contributed by atoms with Crippen LogP contribution in [0.3, 0.4) is 0 Å². The number of anilines is 1. The number of rotatable bonds is 7. The van der Waals surface area contributed by atoms with Gasteiger partial charge in [0.05, 0.1) is 18.2 Å². The second kappa shape index (κ2) is 9.99. The Labute approximate surface area is 203 Å². The van der Waals surface area contributed by atoms with Crippen molar-refractivity contribution in [1.82, 2.24) is 9.99 Å². The van der Waals surface area contributed by atoms with Gasteiger partial charge in [-0.2, -0.15) is 5.10 Å². The SMILES string of the molecule is Cc1ccc(N(CC(=O)N/N=C\c2cc(C)n(-c3cc(Cl)cc(Cl)c3)c2C)S(C)(=O)=O)cc1. The second-order valence-corrected chi connectivity index (χ2v) is 10.5. The Morgan fingerprint density at radius 3 is 2.24 bits per heavy atom. The van der Waals surface area contributed by atoms with Crippen molar-refractivity contribution < 1.29 is 13.2 Å². The highest BCUT2D eigenvalue weighted by molar-refractivity contribution is 7.92. The first-order valence-electron chi connectivity index (χ1n) is 9.97. The normalized spacial score (nSPS) is 11.7. The summed E-state index contributed by atoms with van der Waals surface area (Å²) in [6, 6.07) is 14.1. The average Bonchev–Trinajstić information content (AvgIpc) is 2.98. The lowest BCUT2D eigenvalue weighted by molar-refractivity contribution is -0.119. The van der Waals surface area contributed by atoms with Gasteiger partial charge in [-0.3, -0.25) is 9.10 Å². The standard InChI is InChI=1S/C23H24Cl2N4O3S/c1-15-5-7-21(8-6-15)28(33(4,31)32)14-23(30)27-26-13-18-9-16(2)29(17(18)3)22-11-19(24)10-20(25)12-22/h5-13H,14H2,1-4H3,(H,27,30)/b26-13-. The number of nitrogens with one attached hydrogen (secondary N) is 1. The zero-order valence-corrected chi connectivity index (χ0v) is 21.0. The summed E-state index contributed by atoms with van der Waals surface area (Å²) in [5.41, 5.74) is 7.20. The molecule has 1 heterocycles. The molecule has 3 aromatic rings. The van der Waals surface area contributed by atoms with Gasteiger partial charge in [0, 0.05) is 32.7 Å². The third-order valence-corrected chi connectivity index (χ3v) is 6.56. The highest BCUT2D eigenvalue weighted by atomic mass is 35.5. The van der Waals surface area contributed by atoms with Crippen molar-refractivity contribution in [3.8, 4) is 5.69 Å². The van der Waals surface area contributed by atoms with Crippen molar-refractivity contribution in [3.05, 3.63) is 81.1 Å². The number of sulfonamides is 1. The van der Waals surface area contributed by atoms with Gasteiger partial charge in [-0.25, -0.2) is 13.8 Å². The molecule has 0 spiro atoms. The summed E-state index contributed by atoms with van der Waals surface area (Å²) in [7, 11) is -3.65. The second-order valence-electron chi connectivity index (χ2n) is 7.69. The van der Waals surface area contributed by atoms with Gasteiger partial charge in [0.2, 0.25) is 10.0 Å². The van der Waals surface area contributed by atoms with Crippen LogP contribution in [0.2, 0.25) is 10.0 Å². The number of carbonyl (C=O) groups excluding carboxylic acids is 1. The molecular weight excluding hydrogens is 483 g/mol. The molecule has 3 rings (SSSR count). The first kappa shape index (κ1) is 24.8. The monoisotopic (exact) mass is 506 g/mol. The van der Waals surface area contributed by atoms with E-state index in [0.29, 0.717) is 15.7 Å². The van der Waals surface area contributed by atoms with Gasteiger partial charge in [0.25, 0.3) is 5.91 Å². The van der Waals surface area contributed by atoms with Crippen molar-refractivity contribution in [1.29, 1.82) is 0 Å². The van der Waals surface area contributed by atoms with E-state index in [1.165, 1.54) is 6.21 Å². The smallest absolute Gasteiger partial charge is 0.260 e. The predicted octanol–water partition coefficient (Wildman–Crippen LogP) is 4.63. The minimum absolute atomic E-state index is 0.390. The highest BCUT2D eigenvalue weighted by Crippen LogP contribution is 2.26. The molecular formula is C23H24Cl2N4O3S. The van der Waals surface area contributed by atoms with Crippen LogP contribution in [0.15, 0.2) is 53.6 Å². The molecule has 1 aromatic heterocycles. The number of benzene rings is 2. The molecule has 0 fully saturated rings. The number of aromatic nitrogens is 1. The quantitative estimate of drug-likeness (QED) is 0.374. The molecule has 10 heteroatoms. The van der Waals surface area contributed by atoms with Gasteiger partial charge < -0.3 is 4.57 Å². The Hall–Kier alpha value is -2.81. The molecule has 7 nitrogen and oxygen atoms in total. The van der Waals surface area contributed by atoms with Gasteiger partial charge in [-0.15, -0.1) is 0 Å². The molecule has 0 saturated heterocycles. The number of hydrogen-bond acceptors (Lipinski definition) is 4. The van der Waals surface area contributed by atoms with E-state index in [-0.39, 0.29) is 6.54 Å². The minimum atomic E-state index is -3.65. The zero-order valence-electron chi connectivity index (χ0n) is 18.6. The summed E-state index contributed by atoms with van der Waals surface area (Å²) < 4.78 is 27.4. The molecule has 0 unspecified atom stereocenters. The summed E-state index contributed by atoms with van der Waals surface area (Å²) in [5, 5.41) is 5.07. The molecule has 0 aliphatic rings. The van der Waals surface area contributed by atoms with E-state index in [9.17, 15) is 13.2 Å². The van der Waals surface area contributed by atoms with Gasteiger partial charge in [0.1, 0.15) is 6.54 Å². The summed E-state index contributed by atoms with van der Waals surface area (Å²) in [5.74, 6) is -0.562. The number of hydrazone groups is 1. The molecule has 0 atom stereocenters. The first-order valence-corrected chi connectivity index (χ1v) is 12.6. The van der Waals surface area contributed by atoms with Crippen LogP contribution in [0, 0.1) is 20.8 Å². The predicted molar refractivity (Wildman–Crippen MR) is 134 cm³/mol. The maximum absolute atomic E-state index is 12.4. The van der Waals surface area contributed by atoms with Crippen LogP contribution in [0.1, 0.15) is 22.5 Å². The van der Waals surface area contributed by atoms with E-state index in [1.807, 2.05) is 31.4 Å². The van der Waals surface area contributed by atoms with Crippen molar-refractivity contribution >= 4 is 51.0 Å². The van der Waals surface area contributed by atoms with Gasteiger partial charge >= 0.3 is 0 Å². The van der Waals surface area contributed by atoms with Crippen LogP contribution < -0.4 is 9.73 Å². The Balaban J connectivity index is 1.75. The number of halogens is 2. The van der Waals surface area contributed by atoms with E-state index < -0.39 is 15.9 Å². The van der Waals surface area contributed by atoms with Crippen molar-refractivity contribution in [2.45, 2.75) is 20.8 Å². The van der Waals surface area contributed by atoms with E-state index in [4.69, 9.17) is 23.2 Å². The lowest BCUT2D eigenvalue weighted by atomic mass is 10.2. The van der Waals surface area contributed by atoms with Crippen molar-refractivity contribution in [2.75, 3.05) is 17.1 Å². The Morgan fingerprint density at radius 1 is 1.06 bits per heavy atom. The average molecular weight is 507 g/mol. The van der Waals surface area contributed by atoms with Crippen molar-refractivity contribution in [3.63, 3.8) is 0 Å². The van der Waals surface area contributed by atoms with Crippen LogP contribution in [-0.4, -0.2) is 37.9 Å². The number of hydrogen-bond donors (Lipinski definition) is 1. The third kappa shape index (κ3) is 6.16. The molecule has 0 aliphatic heterocycles.